The maximum absolute atomic E-state index is 14.2. The van der Waals surface area contributed by atoms with Crippen LogP contribution in [-0.4, -0.2) is 113 Å². The fraction of sp³-hybridized carbons (Fsp3) is 0.444. The number of phenols is 1. The molecule has 1 saturated carbocycles. The van der Waals surface area contributed by atoms with Gasteiger partial charge < -0.3 is 36.4 Å². The molecule has 1 aliphatic heterocycles. The predicted octanol–water partition coefficient (Wildman–Crippen LogP) is 1.07. The van der Waals surface area contributed by atoms with E-state index in [1.165, 1.54) is 16.0 Å². The number of anilines is 2. The summed E-state index contributed by atoms with van der Waals surface area (Å²) in [6, 6.07) is 9.16. The normalized spacial score (nSPS) is 27.0. The van der Waals surface area contributed by atoms with E-state index in [9.17, 15) is 39.6 Å². The van der Waals surface area contributed by atoms with Crippen LogP contribution in [0.15, 0.2) is 47.2 Å². The largest absolute Gasteiger partial charge is 0.508 e. The molecule has 2 amide bonds. The predicted molar refractivity (Wildman–Crippen MR) is 180 cm³/mol. The minimum absolute atomic E-state index is 0.0118. The quantitative estimate of drug-likeness (QED) is 0.190. The Morgan fingerprint density at radius 2 is 1.63 bits per heavy atom. The minimum atomic E-state index is -2.73. The molecule has 1 unspecified atom stereocenters. The van der Waals surface area contributed by atoms with Crippen molar-refractivity contribution in [2.75, 3.05) is 51.5 Å². The fourth-order valence-corrected chi connectivity index (χ4v) is 8.79. The van der Waals surface area contributed by atoms with Gasteiger partial charge >= 0.3 is 0 Å². The molecule has 2 aromatic rings. The van der Waals surface area contributed by atoms with E-state index >= 15 is 0 Å². The molecule has 0 bridgehead atoms. The zero-order valence-electron chi connectivity index (χ0n) is 27.9. The SMILES string of the molecule is CN(C)c1cc(NC(=O)C2CN(C3Cc4ccccc4C3)C2)c(O)c2c1C[C@H]1CC3[C@H](N(C)C)C(=O)C(C(N)=O)=C(O)[C@@]3(O)C(=O)C1=C2O. The Morgan fingerprint density at radius 3 is 2.20 bits per heavy atom. The second kappa shape index (κ2) is 11.4. The van der Waals surface area contributed by atoms with Crippen LogP contribution in [0.3, 0.4) is 0 Å². The number of aromatic hydroxyl groups is 1. The van der Waals surface area contributed by atoms with E-state index in [0.29, 0.717) is 30.4 Å². The van der Waals surface area contributed by atoms with Crippen LogP contribution in [0.25, 0.3) is 5.76 Å². The van der Waals surface area contributed by atoms with Crippen LogP contribution in [0.1, 0.15) is 28.7 Å². The molecule has 0 spiro atoms. The molecule has 4 atom stereocenters. The first-order chi connectivity index (χ1) is 23.1. The summed E-state index contributed by atoms with van der Waals surface area (Å²) in [5.74, 6) is -7.83. The number of carbonyl (C=O) groups is 4. The number of benzene rings is 2. The fourth-order valence-electron chi connectivity index (χ4n) is 8.79. The summed E-state index contributed by atoms with van der Waals surface area (Å²) < 4.78 is 0. The summed E-state index contributed by atoms with van der Waals surface area (Å²) in [5.41, 5.74) is 5.33. The van der Waals surface area contributed by atoms with Gasteiger partial charge in [0.15, 0.2) is 11.4 Å². The number of phenolic OH excluding ortho intramolecular Hbond substituents is 1. The average molecular weight is 672 g/mol. The Balaban J connectivity index is 1.21. The Kier molecular flexibility index (Phi) is 7.65. The molecule has 7 N–H and O–H groups in total. The van der Waals surface area contributed by atoms with E-state index in [-0.39, 0.29) is 41.5 Å². The first-order valence-electron chi connectivity index (χ1n) is 16.5. The number of ketones is 2. The highest BCUT2D eigenvalue weighted by molar-refractivity contribution is 6.24. The van der Waals surface area contributed by atoms with Crippen molar-refractivity contribution in [2.24, 2.45) is 23.5 Å². The molecule has 1 saturated heterocycles. The van der Waals surface area contributed by atoms with Gasteiger partial charge in [0.05, 0.1) is 23.2 Å². The summed E-state index contributed by atoms with van der Waals surface area (Å²) in [6.45, 7) is 1.14. The van der Waals surface area contributed by atoms with Crippen molar-refractivity contribution in [2.45, 2.75) is 43.4 Å². The number of nitrogens with zero attached hydrogens (tertiary/aromatic N) is 3. The van der Waals surface area contributed by atoms with E-state index < -0.39 is 63.8 Å². The lowest BCUT2D eigenvalue weighted by atomic mass is 9.57. The van der Waals surface area contributed by atoms with Crippen molar-refractivity contribution >= 4 is 40.5 Å². The number of carbonyl (C=O) groups excluding carboxylic acids is 4. The Bertz CT molecular complexity index is 1870. The van der Waals surface area contributed by atoms with Crippen molar-refractivity contribution < 1.29 is 39.6 Å². The molecular weight excluding hydrogens is 630 g/mol. The van der Waals surface area contributed by atoms with E-state index in [0.717, 1.165) is 12.8 Å². The number of primary amides is 1. The number of hydrogen-bond donors (Lipinski definition) is 6. The topological polar surface area (TPSA) is 197 Å². The van der Waals surface area contributed by atoms with Gasteiger partial charge in [-0.05, 0) is 68.5 Å². The van der Waals surface area contributed by atoms with Crippen molar-refractivity contribution in [1.29, 1.82) is 0 Å². The molecule has 2 fully saturated rings. The van der Waals surface area contributed by atoms with Gasteiger partial charge in [-0.1, -0.05) is 24.3 Å². The number of nitrogens with two attached hydrogens (primary N) is 1. The lowest BCUT2D eigenvalue weighted by Gasteiger charge is -2.50. The maximum Gasteiger partial charge on any atom is 0.255 e. The van der Waals surface area contributed by atoms with Crippen molar-refractivity contribution in [3.63, 3.8) is 0 Å². The molecule has 0 aromatic heterocycles. The number of aliphatic hydroxyl groups is 3. The summed E-state index contributed by atoms with van der Waals surface area (Å²) in [4.78, 5) is 58.8. The van der Waals surface area contributed by atoms with Gasteiger partial charge in [0.2, 0.25) is 11.7 Å². The van der Waals surface area contributed by atoms with Gasteiger partial charge in [-0.25, -0.2) is 0 Å². The van der Waals surface area contributed by atoms with E-state index in [4.69, 9.17) is 5.73 Å². The number of rotatable bonds is 6. The van der Waals surface area contributed by atoms with Gasteiger partial charge in [0.25, 0.3) is 5.91 Å². The highest BCUT2D eigenvalue weighted by Crippen LogP contribution is 2.54. The number of fused-ring (bicyclic) bond motifs is 4. The summed E-state index contributed by atoms with van der Waals surface area (Å²) in [7, 11) is 6.67. The molecule has 1 heterocycles. The van der Waals surface area contributed by atoms with Crippen molar-refractivity contribution in [3.05, 3.63) is 69.5 Å². The van der Waals surface area contributed by atoms with Crippen LogP contribution in [0.2, 0.25) is 0 Å². The van der Waals surface area contributed by atoms with Crippen molar-refractivity contribution in [1.82, 2.24) is 9.80 Å². The number of aliphatic hydroxyl groups excluding tert-OH is 2. The zero-order valence-corrected chi connectivity index (χ0v) is 27.9. The third-order valence-corrected chi connectivity index (χ3v) is 11.3. The van der Waals surface area contributed by atoms with E-state index in [1.54, 1.807) is 39.2 Å². The number of Topliss-reactive ketones (excluding diaryl/α,β-unsaturated/α-hetero) is 2. The zero-order chi connectivity index (χ0) is 35.3. The lowest BCUT2D eigenvalue weighted by Crippen LogP contribution is -2.65. The van der Waals surface area contributed by atoms with Gasteiger partial charge in [-0.3, -0.25) is 29.0 Å². The molecule has 258 valence electrons. The molecule has 13 heteroatoms. The second-order valence-electron chi connectivity index (χ2n) is 14.5. The first-order valence-corrected chi connectivity index (χ1v) is 16.5. The molecule has 7 rings (SSSR count). The smallest absolute Gasteiger partial charge is 0.255 e. The standard InChI is InChI=1S/C36H41N5O8/c1-39(2)24-13-23(38-35(48)19-14-41(15-19)20-9-16-7-5-6-8-17(16)10-20)29(42)26-21(24)11-18-12-22-28(40(3)4)31(44)27(34(37)47)33(46)36(22,49)32(45)25(18)30(26)43/h5-8,13,18-20,22,28,42-43,46,49H,9-12,14-15H2,1-4H3,(H2,37,47)(H,38,48)/t18-,22?,28-,36-/m0/s1. The Hall–Kier alpha value is -4.72. The number of likely N-dealkylation sites (N-methyl/N-ethyl adjacent to an activating group) is 1. The summed E-state index contributed by atoms with van der Waals surface area (Å²) in [6.07, 6.45) is 2.01. The molecule has 13 nitrogen and oxygen atoms in total. The minimum Gasteiger partial charge on any atom is -0.508 e. The molecule has 4 aliphatic carbocycles. The number of nitrogens with one attached hydrogen (secondary N) is 1. The number of amides is 2. The number of likely N-dealkylation sites (tertiary alicyclic amines) is 1. The lowest BCUT2D eigenvalue weighted by molar-refractivity contribution is -0.153. The van der Waals surface area contributed by atoms with E-state index in [1.807, 2.05) is 12.1 Å². The molecular formula is C36H41N5O8. The third kappa shape index (κ3) is 4.77. The Labute approximate surface area is 283 Å². The molecule has 49 heavy (non-hydrogen) atoms. The molecule has 0 radical (unpaired) electrons. The van der Waals surface area contributed by atoms with Gasteiger partial charge in [0.1, 0.15) is 22.8 Å². The Morgan fingerprint density at radius 1 is 1.00 bits per heavy atom. The summed E-state index contributed by atoms with van der Waals surface area (Å²) >= 11 is 0. The monoisotopic (exact) mass is 671 g/mol. The van der Waals surface area contributed by atoms with Crippen LogP contribution in [0.4, 0.5) is 11.4 Å². The van der Waals surface area contributed by atoms with Crippen LogP contribution >= 0.6 is 0 Å². The second-order valence-corrected chi connectivity index (χ2v) is 14.5. The van der Waals surface area contributed by atoms with Gasteiger partial charge in [-0.15, -0.1) is 0 Å². The van der Waals surface area contributed by atoms with Gasteiger partial charge in [0, 0.05) is 50.4 Å². The first kappa shape index (κ1) is 32.8. The number of hydrogen-bond acceptors (Lipinski definition) is 11. The van der Waals surface area contributed by atoms with E-state index in [2.05, 4.69) is 22.3 Å². The maximum atomic E-state index is 14.2. The third-order valence-electron chi connectivity index (χ3n) is 11.3. The van der Waals surface area contributed by atoms with Crippen LogP contribution < -0.4 is 16.0 Å². The van der Waals surface area contributed by atoms with Crippen molar-refractivity contribution in [3.8, 4) is 5.75 Å². The highest BCUT2D eigenvalue weighted by Gasteiger charge is 2.64. The molecule has 5 aliphatic rings. The van der Waals surface area contributed by atoms with Gasteiger partial charge in [-0.2, -0.15) is 0 Å². The average Bonchev–Trinajstić information content (AvgIpc) is 3.42. The van der Waals surface area contributed by atoms with Crippen LogP contribution in [-0.2, 0) is 38.4 Å². The van der Waals surface area contributed by atoms with Crippen LogP contribution in [0.5, 0.6) is 5.75 Å². The van der Waals surface area contributed by atoms with Crippen LogP contribution in [0, 0.1) is 17.8 Å². The summed E-state index contributed by atoms with van der Waals surface area (Å²) in [5, 5.41) is 49.1. The highest BCUT2D eigenvalue weighted by atomic mass is 16.3. The molecule has 2 aromatic carbocycles.